The Balaban J connectivity index is 2.04. The monoisotopic (exact) mass is 307 g/mol. The first-order chi connectivity index (χ1) is 8.54. The second kappa shape index (κ2) is 5.07. The first-order valence-corrected chi connectivity index (χ1v) is 6.65. The minimum atomic E-state index is -0.288. The minimum absolute atomic E-state index is 0.0533. The van der Waals surface area contributed by atoms with Gasteiger partial charge < -0.3 is 4.90 Å². The fourth-order valence-corrected chi connectivity index (χ4v) is 2.21. The lowest BCUT2D eigenvalue weighted by Gasteiger charge is -2.34. The van der Waals surface area contributed by atoms with Crippen molar-refractivity contribution in [1.82, 2.24) is 9.88 Å². The molecule has 4 nitrogen and oxygen atoms in total. The maximum absolute atomic E-state index is 12.2. The number of halogens is 1. The zero-order valence-electron chi connectivity index (χ0n) is 10.2. The molecule has 1 aromatic heterocycles. The quantitative estimate of drug-likeness (QED) is 0.801. The number of carbonyl (C=O) groups excluding carboxylic acids is 1. The number of nitriles is 1. The average Bonchev–Trinajstić information content (AvgIpc) is 2.40. The Bertz CT molecular complexity index is 484. The van der Waals surface area contributed by atoms with Crippen LogP contribution in [0, 0.1) is 16.7 Å². The van der Waals surface area contributed by atoms with Crippen LogP contribution in [0.15, 0.2) is 22.8 Å². The van der Waals surface area contributed by atoms with Crippen molar-refractivity contribution in [2.24, 2.45) is 5.41 Å². The fourth-order valence-electron chi connectivity index (χ4n) is 1.98. The maximum atomic E-state index is 12.2. The summed E-state index contributed by atoms with van der Waals surface area (Å²) in [5.74, 6) is -0.0533. The number of carbonyl (C=O) groups is 1. The van der Waals surface area contributed by atoms with Crippen LogP contribution in [0.3, 0.4) is 0 Å². The van der Waals surface area contributed by atoms with Crippen molar-refractivity contribution in [3.63, 3.8) is 0 Å². The van der Waals surface area contributed by atoms with Gasteiger partial charge in [-0.2, -0.15) is 5.26 Å². The summed E-state index contributed by atoms with van der Waals surface area (Å²) in [6, 6.07) is 5.85. The Morgan fingerprint density at radius 1 is 1.50 bits per heavy atom. The van der Waals surface area contributed by atoms with Gasteiger partial charge in [-0.1, -0.05) is 0 Å². The number of likely N-dealkylation sites (tertiary alicyclic amines) is 1. The smallest absolute Gasteiger partial charge is 0.272 e. The summed E-state index contributed by atoms with van der Waals surface area (Å²) < 4.78 is 0.856. The van der Waals surface area contributed by atoms with Gasteiger partial charge in [0, 0.05) is 23.8 Å². The molecule has 1 aliphatic rings. The Labute approximate surface area is 115 Å². The molecule has 0 saturated carbocycles. The Morgan fingerprint density at radius 2 is 2.17 bits per heavy atom. The minimum Gasteiger partial charge on any atom is -0.337 e. The molecule has 1 aliphatic heterocycles. The van der Waals surface area contributed by atoms with Gasteiger partial charge in [-0.15, -0.1) is 0 Å². The normalized spacial score (nSPS) is 18.2. The summed E-state index contributed by atoms with van der Waals surface area (Å²) in [4.78, 5) is 18.1. The summed E-state index contributed by atoms with van der Waals surface area (Å²) in [5.41, 5.74) is 0.169. The summed E-state index contributed by atoms with van der Waals surface area (Å²) in [5, 5.41) is 9.05. The van der Waals surface area contributed by atoms with Gasteiger partial charge in [0.25, 0.3) is 5.91 Å². The van der Waals surface area contributed by atoms with Crippen molar-refractivity contribution in [2.45, 2.75) is 19.8 Å². The first-order valence-electron chi connectivity index (χ1n) is 5.86. The van der Waals surface area contributed by atoms with E-state index in [0.29, 0.717) is 18.8 Å². The lowest BCUT2D eigenvalue weighted by Crippen LogP contribution is -2.41. The third-order valence-corrected chi connectivity index (χ3v) is 3.84. The number of piperidine rings is 1. The van der Waals surface area contributed by atoms with Crippen LogP contribution >= 0.6 is 15.9 Å². The van der Waals surface area contributed by atoms with Gasteiger partial charge in [0.2, 0.25) is 0 Å². The third kappa shape index (κ3) is 2.70. The second-order valence-electron chi connectivity index (χ2n) is 4.83. The molecule has 1 amide bonds. The van der Waals surface area contributed by atoms with Crippen LogP contribution in [0.1, 0.15) is 30.3 Å². The fraction of sp³-hybridized carbons (Fsp3) is 0.462. The van der Waals surface area contributed by atoms with Gasteiger partial charge in [-0.25, -0.2) is 4.98 Å². The maximum Gasteiger partial charge on any atom is 0.272 e. The first kappa shape index (κ1) is 13.0. The molecule has 1 aromatic rings. The van der Waals surface area contributed by atoms with Gasteiger partial charge in [-0.05, 0) is 47.8 Å². The van der Waals surface area contributed by atoms with Gasteiger partial charge in [0.15, 0.2) is 0 Å². The number of amides is 1. The van der Waals surface area contributed by atoms with Crippen molar-refractivity contribution >= 4 is 21.8 Å². The topological polar surface area (TPSA) is 57.0 Å². The van der Waals surface area contributed by atoms with Gasteiger partial charge in [0.1, 0.15) is 5.69 Å². The zero-order chi connectivity index (χ0) is 13.2. The molecule has 2 rings (SSSR count). The molecular formula is C13H14BrN3O. The Hall–Kier alpha value is -1.41. The van der Waals surface area contributed by atoms with Crippen molar-refractivity contribution in [1.29, 1.82) is 5.26 Å². The highest BCUT2D eigenvalue weighted by molar-refractivity contribution is 9.10. The summed E-state index contributed by atoms with van der Waals surface area (Å²) in [7, 11) is 0. The molecular weight excluding hydrogens is 294 g/mol. The summed E-state index contributed by atoms with van der Waals surface area (Å²) in [6.45, 7) is 3.20. The number of hydrogen-bond donors (Lipinski definition) is 0. The second-order valence-corrected chi connectivity index (χ2v) is 5.74. The van der Waals surface area contributed by atoms with Crippen LogP contribution in [0.2, 0.25) is 0 Å². The van der Waals surface area contributed by atoms with Crippen molar-refractivity contribution in [3.05, 3.63) is 28.5 Å². The van der Waals surface area contributed by atoms with Crippen LogP contribution < -0.4 is 0 Å². The van der Waals surface area contributed by atoms with E-state index in [9.17, 15) is 4.79 Å². The standard InChI is InChI=1S/C13H14BrN3O/c1-13(9-15)4-6-17(7-5-13)12(18)11-3-2-10(14)8-16-11/h2-3,8H,4-7H2,1H3. The molecule has 0 atom stereocenters. The highest BCUT2D eigenvalue weighted by Gasteiger charge is 2.32. The molecule has 2 heterocycles. The van der Waals surface area contributed by atoms with Crippen LogP contribution in [-0.4, -0.2) is 28.9 Å². The molecule has 1 fully saturated rings. The third-order valence-electron chi connectivity index (χ3n) is 3.37. The van der Waals surface area contributed by atoms with Crippen molar-refractivity contribution < 1.29 is 4.79 Å². The number of hydrogen-bond acceptors (Lipinski definition) is 3. The van der Waals surface area contributed by atoms with E-state index in [4.69, 9.17) is 5.26 Å². The highest BCUT2D eigenvalue weighted by atomic mass is 79.9. The summed E-state index contributed by atoms with van der Waals surface area (Å²) >= 11 is 3.29. The lowest BCUT2D eigenvalue weighted by molar-refractivity contribution is 0.0656. The molecule has 0 unspecified atom stereocenters. The Morgan fingerprint density at radius 3 is 2.67 bits per heavy atom. The van der Waals surface area contributed by atoms with Gasteiger partial charge >= 0.3 is 0 Å². The van der Waals surface area contributed by atoms with E-state index in [-0.39, 0.29) is 11.3 Å². The molecule has 0 aromatic carbocycles. The van der Waals surface area contributed by atoms with Crippen molar-refractivity contribution in [3.8, 4) is 6.07 Å². The predicted octanol–water partition coefficient (Wildman–Crippen LogP) is 2.61. The van der Waals surface area contributed by atoms with E-state index >= 15 is 0 Å². The van der Waals surface area contributed by atoms with Crippen LogP contribution in [0.4, 0.5) is 0 Å². The Kier molecular flexibility index (Phi) is 3.67. The van der Waals surface area contributed by atoms with E-state index in [1.165, 1.54) is 0 Å². The molecule has 0 radical (unpaired) electrons. The van der Waals surface area contributed by atoms with Crippen LogP contribution in [0.25, 0.3) is 0 Å². The number of pyridine rings is 1. The van der Waals surface area contributed by atoms with Gasteiger partial charge in [0.05, 0.1) is 11.5 Å². The molecule has 5 heteroatoms. The molecule has 18 heavy (non-hydrogen) atoms. The highest BCUT2D eigenvalue weighted by Crippen LogP contribution is 2.30. The van der Waals surface area contributed by atoms with E-state index in [2.05, 4.69) is 27.0 Å². The molecule has 0 spiro atoms. The van der Waals surface area contributed by atoms with E-state index in [0.717, 1.165) is 17.3 Å². The molecule has 0 aliphatic carbocycles. The zero-order valence-corrected chi connectivity index (χ0v) is 11.8. The number of aromatic nitrogens is 1. The molecule has 0 N–H and O–H groups in total. The lowest BCUT2D eigenvalue weighted by atomic mass is 9.82. The van der Waals surface area contributed by atoms with E-state index in [1.54, 1.807) is 17.2 Å². The number of nitrogens with zero attached hydrogens (tertiary/aromatic N) is 3. The predicted molar refractivity (Wildman–Crippen MR) is 70.8 cm³/mol. The summed E-state index contributed by atoms with van der Waals surface area (Å²) in [6.07, 6.45) is 3.08. The van der Waals surface area contributed by atoms with Crippen LogP contribution in [-0.2, 0) is 0 Å². The SMILES string of the molecule is CC1(C#N)CCN(C(=O)c2ccc(Br)cn2)CC1. The largest absolute Gasteiger partial charge is 0.337 e. The van der Waals surface area contributed by atoms with Crippen molar-refractivity contribution in [2.75, 3.05) is 13.1 Å². The molecule has 94 valence electrons. The van der Waals surface area contributed by atoms with E-state index in [1.807, 2.05) is 13.0 Å². The average molecular weight is 308 g/mol. The number of rotatable bonds is 1. The molecule has 0 bridgehead atoms. The van der Waals surface area contributed by atoms with Crippen LogP contribution in [0.5, 0.6) is 0 Å². The van der Waals surface area contributed by atoms with Gasteiger partial charge in [-0.3, -0.25) is 4.79 Å². The molecule has 1 saturated heterocycles. The van der Waals surface area contributed by atoms with E-state index < -0.39 is 0 Å².